The molecule has 188 valence electrons. The minimum absolute atomic E-state index is 0.00462. The summed E-state index contributed by atoms with van der Waals surface area (Å²) in [6, 6.07) is 18.9. The third kappa shape index (κ3) is 5.70. The van der Waals surface area contributed by atoms with Gasteiger partial charge in [-0.05, 0) is 66.9 Å². The van der Waals surface area contributed by atoms with Gasteiger partial charge >= 0.3 is 5.97 Å². The van der Waals surface area contributed by atoms with Crippen LogP contribution in [0.1, 0.15) is 34.0 Å². The third-order valence-electron chi connectivity index (χ3n) is 5.59. The van der Waals surface area contributed by atoms with Gasteiger partial charge in [-0.3, -0.25) is 15.0 Å². The van der Waals surface area contributed by atoms with E-state index >= 15 is 0 Å². The Morgan fingerprint density at radius 3 is 2.54 bits per heavy atom. The van der Waals surface area contributed by atoms with Gasteiger partial charge in [0.05, 0.1) is 17.9 Å². The second kappa shape index (κ2) is 11.3. The van der Waals surface area contributed by atoms with Crippen LogP contribution in [0.15, 0.2) is 85.0 Å². The van der Waals surface area contributed by atoms with E-state index in [4.69, 9.17) is 9.47 Å². The van der Waals surface area contributed by atoms with Gasteiger partial charge in [0.2, 0.25) is 0 Å². The summed E-state index contributed by atoms with van der Waals surface area (Å²) < 4.78 is 11.9. The highest BCUT2D eigenvalue weighted by molar-refractivity contribution is 6.31. The fourth-order valence-corrected chi connectivity index (χ4v) is 3.93. The van der Waals surface area contributed by atoms with E-state index in [0.29, 0.717) is 41.3 Å². The van der Waals surface area contributed by atoms with Gasteiger partial charge in [-0.2, -0.15) is 0 Å². The smallest absolute Gasteiger partial charge is 0.335 e. The second-order valence-corrected chi connectivity index (χ2v) is 8.20. The van der Waals surface area contributed by atoms with Gasteiger partial charge in [0.25, 0.3) is 11.8 Å². The number of ether oxygens (including phenoxy) is 2. The average Bonchev–Trinajstić information content (AvgIpc) is 3.17. The number of amides is 2. The monoisotopic (exact) mass is 498 g/mol. The number of hydrogen-bond acceptors (Lipinski definition) is 5. The Morgan fingerprint density at radius 1 is 1.05 bits per heavy atom. The SMILES string of the molecule is C=CCc1cc(/C=C2/C(=O)NN(c3ccccc3)C2=O)cc(OCC)c1OCc1cccc(C(=O)O)c1. The molecule has 8 heteroatoms. The number of carbonyl (C=O) groups is 3. The van der Waals surface area contributed by atoms with Crippen LogP contribution in [0.3, 0.4) is 0 Å². The fraction of sp³-hybridized carbons (Fsp3) is 0.138. The van der Waals surface area contributed by atoms with Gasteiger partial charge in [-0.15, -0.1) is 6.58 Å². The van der Waals surface area contributed by atoms with Crippen LogP contribution < -0.4 is 19.9 Å². The van der Waals surface area contributed by atoms with E-state index in [1.54, 1.807) is 54.6 Å². The van der Waals surface area contributed by atoms with Gasteiger partial charge in [0, 0.05) is 5.56 Å². The number of hydrogen-bond donors (Lipinski definition) is 2. The lowest BCUT2D eigenvalue weighted by Gasteiger charge is -2.17. The summed E-state index contributed by atoms with van der Waals surface area (Å²) in [5.74, 6) is -1.06. The zero-order chi connectivity index (χ0) is 26.4. The number of para-hydroxylation sites is 1. The third-order valence-corrected chi connectivity index (χ3v) is 5.59. The van der Waals surface area contributed by atoms with Gasteiger partial charge < -0.3 is 14.6 Å². The molecule has 0 spiro atoms. The predicted molar refractivity (Wildman–Crippen MR) is 139 cm³/mol. The van der Waals surface area contributed by atoms with Crippen molar-refractivity contribution in [3.63, 3.8) is 0 Å². The highest BCUT2D eigenvalue weighted by Gasteiger charge is 2.34. The molecule has 0 bridgehead atoms. The largest absolute Gasteiger partial charge is 0.490 e. The molecule has 37 heavy (non-hydrogen) atoms. The van der Waals surface area contributed by atoms with Crippen molar-refractivity contribution in [2.24, 2.45) is 0 Å². The second-order valence-electron chi connectivity index (χ2n) is 8.20. The molecule has 2 N–H and O–H groups in total. The minimum Gasteiger partial charge on any atom is -0.490 e. The van der Waals surface area contributed by atoms with Crippen molar-refractivity contribution < 1.29 is 29.0 Å². The molecule has 4 rings (SSSR count). The van der Waals surface area contributed by atoms with Crippen LogP contribution >= 0.6 is 0 Å². The maximum atomic E-state index is 13.0. The first-order valence-electron chi connectivity index (χ1n) is 11.7. The fourth-order valence-electron chi connectivity index (χ4n) is 3.93. The molecule has 1 aliphatic heterocycles. The highest BCUT2D eigenvalue weighted by atomic mass is 16.5. The summed E-state index contributed by atoms with van der Waals surface area (Å²) in [5.41, 5.74) is 5.34. The van der Waals surface area contributed by atoms with Crippen LogP contribution in [-0.4, -0.2) is 29.5 Å². The number of nitrogens with zero attached hydrogens (tertiary/aromatic N) is 1. The number of nitrogens with one attached hydrogen (secondary N) is 1. The van der Waals surface area contributed by atoms with Crippen molar-refractivity contribution in [2.45, 2.75) is 20.0 Å². The molecular weight excluding hydrogens is 472 g/mol. The Labute approximate surface area is 214 Å². The van der Waals surface area contributed by atoms with Crippen LogP contribution in [0.2, 0.25) is 0 Å². The Bertz CT molecular complexity index is 1380. The molecule has 2 amide bonds. The molecule has 8 nitrogen and oxygen atoms in total. The van der Waals surface area contributed by atoms with Gasteiger partial charge in [-0.1, -0.05) is 36.4 Å². The van der Waals surface area contributed by atoms with E-state index in [-0.39, 0.29) is 17.7 Å². The number of carbonyl (C=O) groups excluding carboxylic acids is 2. The zero-order valence-electron chi connectivity index (χ0n) is 20.3. The van der Waals surface area contributed by atoms with Gasteiger partial charge in [-0.25, -0.2) is 9.80 Å². The van der Waals surface area contributed by atoms with Crippen molar-refractivity contribution >= 4 is 29.5 Å². The Balaban J connectivity index is 1.66. The van der Waals surface area contributed by atoms with Crippen LogP contribution in [0, 0.1) is 0 Å². The van der Waals surface area contributed by atoms with Gasteiger partial charge in [0.1, 0.15) is 12.2 Å². The van der Waals surface area contributed by atoms with E-state index < -0.39 is 17.8 Å². The first kappa shape index (κ1) is 25.2. The number of carboxylic acid groups (broad SMARTS) is 1. The van der Waals surface area contributed by atoms with E-state index in [1.165, 1.54) is 17.2 Å². The molecule has 3 aromatic carbocycles. The molecule has 1 aliphatic rings. The van der Waals surface area contributed by atoms with Crippen molar-refractivity contribution in [2.75, 3.05) is 11.6 Å². The number of aromatic carboxylic acids is 1. The Hall–Kier alpha value is -4.85. The van der Waals surface area contributed by atoms with Crippen LogP contribution in [-0.2, 0) is 22.6 Å². The number of hydrazine groups is 1. The molecule has 0 unspecified atom stereocenters. The molecule has 1 fully saturated rings. The number of rotatable bonds is 10. The maximum Gasteiger partial charge on any atom is 0.335 e. The molecule has 0 aromatic heterocycles. The topological polar surface area (TPSA) is 105 Å². The summed E-state index contributed by atoms with van der Waals surface area (Å²) in [5, 5.41) is 10.5. The van der Waals surface area contributed by atoms with E-state index in [1.807, 2.05) is 19.1 Å². The zero-order valence-corrected chi connectivity index (χ0v) is 20.3. The van der Waals surface area contributed by atoms with Crippen molar-refractivity contribution in [1.29, 1.82) is 0 Å². The van der Waals surface area contributed by atoms with Crippen LogP contribution in [0.25, 0.3) is 6.08 Å². The average molecular weight is 499 g/mol. The van der Waals surface area contributed by atoms with Crippen molar-refractivity contribution in [1.82, 2.24) is 5.43 Å². The van der Waals surface area contributed by atoms with Crippen LogP contribution in [0.5, 0.6) is 11.5 Å². The lowest BCUT2D eigenvalue weighted by Crippen LogP contribution is -2.35. The van der Waals surface area contributed by atoms with E-state index in [0.717, 1.165) is 5.56 Å². The molecule has 0 aliphatic carbocycles. The summed E-state index contributed by atoms with van der Waals surface area (Å²) >= 11 is 0. The minimum atomic E-state index is -1.02. The predicted octanol–water partition coefficient (Wildman–Crippen LogP) is 4.55. The highest BCUT2D eigenvalue weighted by Crippen LogP contribution is 2.36. The molecular formula is C29H26N2O6. The lowest BCUT2D eigenvalue weighted by atomic mass is 10.0. The quantitative estimate of drug-likeness (QED) is 0.241. The number of allylic oxidation sites excluding steroid dienone is 1. The van der Waals surface area contributed by atoms with Gasteiger partial charge in [0.15, 0.2) is 11.5 Å². The molecule has 0 saturated carbocycles. The molecule has 1 saturated heterocycles. The molecule has 0 radical (unpaired) electrons. The van der Waals surface area contributed by atoms with E-state index in [2.05, 4.69) is 12.0 Å². The summed E-state index contributed by atoms with van der Waals surface area (Å²) in [6.07, 6.45) is 3.68. The first-order valence-corrected chi connectivity index (χ1v) is 11.7. The summed E-state index contributed by atoms with van der Waals surface area (Å²) in [7, 11) is 0. The Kier molecular flexibility index (Phi) is 7.68. The number of carboxylic acids is 1. The molecule has 0 atom stereocenters. The lowest BCUT2D eigenvalue weighted by molar-refractivity contribution is -0.117. The number of anilines is 1. The van der Waals surface area contributed by atoms with Crippen molar-refractivity contribution in [3.05, 3.63) is 107 Å². The molecule has 3 aromatic rings. The van der Waals surface area contributed by atoms with E-state index in [9.17, 15) is 19.5 Å². The maximum absolute atomic E-state index is 13.0. The number of benzene rings is 3. The summed E-state index contributed by atoms with van der Waals surface area (Å²) in [4.78, 5) is 36.9. The normalized spacial score (nSPS) is 14.0. The Morgan fingerprint density at radius 2 is 1.84 bits per heavy atom. The van der Waals surface area contributed by atoms with Crippen molar-refractivity contribution in [3.8, 4) is 11.5 Å². The standard InChI is InChI=1S/C29H26N2O6/c1-3-9-21-15-20(16-24-27(32)30-31(28(24)33)23-12-6-5-7-13-23)17-25(36-4-2)26(21)37-18-19-10-8-11-22(14-19)29(34)35/h3,5-8,10-17H,1,4,9,18H2,2H3,(H,30,32)(H,34,35)/b24-16-. The molecule has 1 heterocycles. The van der Waals surface area contributed by atoms with Crippen LogP contribution in [0.4, 0.5) is 5.69 Å². The first-order chi connectivity index (χ1) is 17.9. The summed E-state index contributed by atoms with van der Waals surface area (Å²) in [6.45, 7) is 6.14.